The van der Waals surface area contributed by atoms with Crippen molar-refractivity contribution in [2.75, 3.05) is 33.9 Å². The molecule has 0 radical (unpaired) electrons. The molecule has 0 bridgehead atoms. The number of fused-ring (bicyclic) bond motifs is 1. The lowest BCUT2D eigenvalue weighted by Crippen LogP contribution is -2.43. The van der Waals surface area contributed by atoms with E-state index in [4.69, 9.17) is 9.47 Å². The van der Waals surface area contributed by atoms with Gasteiger partial charge in [-0.2, -0.15) is 5.10 Å². The molecule has 1 amide bonds. The molecule has 24 heavy (non-hydrogen) atoms. The van der Waals surface area contributed by atoms with Crippen molar-refractivity contribution in [3.8, 4) is 0 Å². The van der Waals surface area contributed by atoms with Crippen LogP contribution in [0.3, 0.4) is 0 Å². The number of ether oxygens (including phenoxy) is 2. The van der Waals surface area contributed by atoms with Crippen molar-refractivity contribution >= 4 is 5.91 Å². The second-order valence-corrected chi connectivity index (χ2v) is 7.03. The van der Waals surface area contributed by atoms with Crippen LogP contribution < -0.4 is 0 Å². The molecule has 2 saturated heterocycles. The quantitative estimate of drug-likeness (QED) is 0.763. The number of rotatable bonds is 6. The summed E-state index contributed by atoms with van der Waals surface area (Å²) in [6, 6.07) is 0.491. The number of likely N-dealkylation sites (N-methyl/N-ethyl adjacent to an activating group) is 1. The summed E-state index contributed by atoms with van der Waals surface area (Å²) in [6.07, 6.45) is 7.60. The molecule has 3 atom stereocenters. The van der Waals surface area contributed by atoms with Crippen molar-refractivity contribution in [1.82, 2.24) is 19.6 Å². The van der Waals surface area contributed by atoms with Gasteiger partial charge in [0.05, 0.1) is 25.0 Å². The highest BCUT2D eigenvalue weighted by atomic mass is 16.5. The summed E-state index contributed by atoms with van der Waals surface area (Å²) >= 11 is 0. The van der Waals surface area contributed by atoms with Gasteiger partial charge in [-0.25, -0.2) is 0 Å². The fraction of sp³-hybridized carbons (Fsp3) is 0.765. The van der Waals surface area contributed by atoms with E-state index in [0.717, 1.165) is 32.4 Å². The summed E-state index contributed by atoms with van der Waals surface area (Å²) in [5.41, 5.74) is 1.26. The van der Waals surface area contributed by atoms with Crippen LogP contribution in [0.1, 0.15) is 24.8 Å². The third-order valence-electron chi connectivity index (χ3n) is 4.92. The number of aromatic nitrogens is 2. The van der Waals surface area contributed by atoms with Gasteiger partial charge in [0.25, 0.3) is 0 Å². The SMILES string of the molecule is CN(C)C(=O)COC[C@@H]1CC[C@@H]2[C@@H](CCN2Cc2cnn(C)c2)O1. The summed E-state index contributed by atoms with van der Waals surface area (Å²) in [5.74, 6) is -0.00722. The van der Waals surface area contributed by atoms with Gasteiger partial charge in [0.15, 0.2) is 0 Å². The molecule has 7 nitrogen and oxygen atoms in total. The Bertz CT molecular complexity index is 560. The average Bonchev–Trinajstić information content (AvgIpc) is 3.14. The van der Waals surface area contributed by atoms with Crippen LogP contribution in [0, 0.1) is 0 Å². The molecule has 2 aliphatic rings. The van der Waals surface area contributed by atoms with Gasteiger partial charge >= 0.3 is 0 Å². The first-order valence-corrected chi connectivity index (χ1v) is 8.68. The Kier molecular flexibility index (Phi) is 5.53. The lowest BCUT2D eigenvalue weighted by atomic mass is 9.99. The third kappa shape index (κ3) is 4.15. The molecule has 0 N–H and O–H groups in total. The third-order valence-corrected chi connectivity index (χ3v) is 4.92. The van der Waals surface area contributed by atoms with E-state index in [-0.39, 0.29) is 24.7 Å². The topological polar surface area (TPSA) is 59.8 Å². The average molecular weight is 336 g/mol. The molecule has 0 unspecified atom stereocenters. The lowest BCUT2D eigenvalue weighted by molar-refractivity contribution is -0.138. The Morgan fingerprint density at radius 2 is 2.25 bits per heavy atom. The number of hydrogen-bond acceptors (Lipinski definition) is 5. The Labute approximate surface area is 143 Å². The Morgan fingerprint density at radius 1 is 1.42 bits per heavy atom. The van der Waals surface area contributed by atoms with Gasteiger partial charge in [-0.1, -0.05) is 0 Å². The standard InChI is InChI=1S/C17H28N4O3/c1-19(2)17(22)12-23-11-14-4-5-15-16(24-14)6-7-21(15)10-13-8-18-20(3)9-13/h8-9,14-16H,4-7,10-12H2,1-3H3/t14-,15+,16+/m0/s1. The largest absolute Gasteiger partial charge is 0.371 e. The van der Waals surface area contributed by atoms with E-state index in [9.17, 15) is 4.79 Å². The molecule has 3 rings (SSSR count). The number of carbonyl (C=O) groups is 1. The summed E-state index contributed by atoms with van der Waals surface area (Å²) in [4.78, 5) is 15.6. The summed E-state index contributed by atoms with van der Waals surface area (Å²) in [7, 11) is 5.43. The molecule has 0 spiro atoms. The highest BCUT2D eigenvalue weighted by Crippen LogP contribution is 2.32. The Balaban J connectivity index is 1.44. The van der Waals surface area contributed by atoms with Crippen LogP contribution in [0.5, 0.6) is 0 Å². The molecule has 0 saturated carbocycles. The first-order valence-electron chi connectivity index (χ1n) is 8.68. The van der Waals surface area contributed by atoms with Gasteiger partial charge in [0.1, 0.15) is 6.61 Å². The minimum atomic E-state index is -0.00722. The highest BCUT2D eigenvalue weighted by molar-refractivity contribution is 5.76. The fourth-order valence-corrected chi connectivity index (χ4v) is 3.60. The predicted octanol–water partition coefficient (Wildman–Crippen LogP) is 0.647. The number of hydrogen-bond donors (Lipinski definition) is 0. The Morgan fingerprint density at radius 3 is 2.96 bits per heavy atom. The molecule has 2 aliphatic heterocycles. The molecule has 2 fully saturated rings. The van der Waals surface area contributed by atoms with E-state index >= 15 is 0 Å². The van der Waals surface area contributed by atoms with E-state index in [1.165, 1.54) is 5.56 Å². The van der Waals surface area contributed by atoms with Crippen molar-refractivity contribution in [3.63, 3.8) is 0 Å². The van der Waals surface area contributed by atoms with Gasteiger partial charge in [-0.3, -0.25) is 14.4 Å². The van der Waals surface area contributed by atoms with E-state index in [0.29, 0.717) is 12.6 Å². The molecule has 0 aliphatic carbocycles. The van der Waals surface area contributed by atoms with Crippen LogP contribution in [0.25, 0.3) is 0 Å². The van der Waals surface area contributed by atoms with Gasteiger partial charge < -0.3 is 14.4 Å². The fourth-order valence-electron chi connectivity index (χ4n) is 3.60. The van der Waals surface area contributed by atoms with E-state index < -0.39 is 0 Å². The predicted molar refractivity (Wildman–Crippen MR) is 89.4 cm³/mol. The number of aryl methyl sites for hydroxylation is 1. The number of carbonyl (C=O) groups excluding carboxylic acids is 1. The zero-order valence-corrected chi connectivity index (χ0v) is 14.9. The van der Waals surface area contributed by atoms with E-state index in [1.807, 2.05) is 17.9 Å². The number of likely N-dealkylation sites (tertiary alicyclic amines) is 1. The summed E-state index contributed by atoms with van der Waals surface area (Å²) < 4.78 is 13.6. The van der Waals surface area contributed by atoms with Crippen LogP contribution in [-0.2, 0) is 27.9 Å². The minimum absolute atomic E-state index is 0.00722. The lowest BCUT2D eigenvalue weighted by Gasteiger charge is -2.35. The highest BCUT2D eigenvalue weighted by Gasteiger charge is 2.39. The number of amides is 1. The van der Waals surface area contributed by atoms with Gasteiger partial charge in [0.2, 0.25) is 5.91 Å². The van der Waals surface area contributed by atoms with Crippen molar-refractivity contribution in [3.05, 3.63) is 18.0 Å². The molecule has 1 aromatic rings. The van der Waals surface area contributed by atoms with Crippen LogP contribution in [-0.4, -0.2) is 77.6 Å². The normalized spacial score (nSPS) is 27.2. The zero-order chi connectivity index (χ0) is 17.1. The van der Waals surface area contributed by atoms with Crippen LogP contribution >= 0.6 is 0 Å². The molecule has 7 heteroatoms. The number of nitrogens with zero attached hydrogens (tertiary/aromatic N) is 4. The molecular formula is C17H28N4O3. The zero-order valence-electron chi connectivity index (χ0n) is 14.9. The van der Waals surface area contributed by atoms with Gasteiger partial charge in [-0.05, 0) is 19.3 Å². The summed E-state index contributed by atoms with van der Waals surface area (Å²) in [5, 5.41) is 4.25. The molecule has 3 heterocycles. The van der Waals surface area contributed by atoms with Crippen LogP contribution in [0.4, 0.5) is 0 Å². The van der Waals surface area contributed by atoms with Crippen LogP contribution in [0.15, 0.2) is 12.4 Å². The first-order chi connectivity index (χ1) is 11.5. The van der Waals surface area contributed by atoms with Crippen molar-refractivity contribution in [1.29, 1.82) is 0 Å². The summed E-state index contributed by atoms with van der Waals surface area (Å²) in [6.45, 7) is 2.65. The first kappa shape index (κ1) is 17.4. The van der Waals surface area contributed by atoms with E-state index in [1.54, 1.807) is 19.0 Å². The minimum Gasteiger partial charge on any atom is -0.371 e. The van der Waals surface area contributed by atoms with Crippen molar-refractivity contribution in [2.45, 2.75) is 44.1 Å². The van der Waals surface area contributed by atoms with Crippen LogP contribution in [0.2, 0.25) is 0 Å². The van der Waals surface area contributed by atoms with Gasteiger partial charge in [-0.15, -0.1) is 0 Å². The van der Waals surface area contributed by atoms with Crippen molar-refractivity contribution in [2.24, 2.45) is 7.05 Å². The monoisotopic (exact) mass is 336 g/mol. The smallest absolute Gasteiger partial charge is 0.248 e. The van der Waals surface area contributed by atoms with Crippen molar-refractivity contribution < 1.29 is 14.3 Å². The molecule has 1 aromatic heterocycles. The molecule has 0 aromatic carbocycles. The van der Waals surface area contributed by atoms with Gasteiger partial charge in [0, 0.05) is 52.0 Å². The van der Waals surface area contributed by atoms with E-state index in [2.05, 4.69) is 16.2 Å². The second-order valence-electron chi connectivity index (χ2n) is 7.03. The maximum atomic E-state index is 11.5. The maximum absolute atomic E-state index is 11.5. The Hall–Kier alpha value is -1.44. The molecule has 134 valence electrons. The molecular weight excluding hydrogens is 308 g/mol. The maximum Gasteiger partial charge on any atom is 0.248 e. The second kappa shape index (κ2) is 7.63.